The molecule has 1 atom stereocenters. The first-order valence-electron chi connectivity index (χ1n) is 12.7. The summed E-state index contributed by atoms with van der Waals surface area (Å²) >= 11 is 0. The first kappa shape index (κ1) is 25.7. The Hall–Kier alpha value is -3.39. The lowest BCUT2D eigenvalue weighted by molar-refractivity contribution is 0.0792. The van der Waals surface area contributed by atoms with Crippen molar-refractivity contribution in [3.8, 4) is 17.3 Å². The Morgan fingerprint density at radius 1 is 1.25 bits per heavy atom. The van der Waals surface area contributed by atoms with Crippen LogP contribution in [0.3, 0.4) is 0 Å². The zero-order chi connectivity index (χ0) is 25.5. The molecule has 2 aromatic carbocycles. The van der Waals surface area contributed by atoms with E-state index in [4.69, 9.17) is 14.6 Å². The maximum absolute atomic E-state index is 14.0. The second kappa shape index (κ2) is 12.0. The molecule has 1 unspecified atom stereocenters. The first-order valence-corrected chi connectivity index (χ1v) is 12.7. The number of amides is 2. The normalized spacial score (nSPS) is 15.3. The third-order valence-corrected chi connectivity index (χ3v) is 6.14. The van der Waals surface area contributed by atoms with Gasteiger partial charge in [0.2, 0.25) is 5.88 Å². The lowest BCUT2D eigenvalue weighted by Crippen LogP contribution is -2.43. The summed E-state index contributed by atoms with van der Waals surface area (Å²) in [6.45, 7) is 8.23. The molecule has 2 amide bonds. The molecule has 8 heteroatoms. The second-order valence-corrected chi connectivity index (χ2v) is 9.38. The van der Waals surface area contributed by atoms with Crippen molar-refractivity contribution >= 4 is 6.03 Å². The van der Waals surface area contributed by atoms with E-state index in [1.807, 2.05) is 37.3 Å². The van der Waals surface area contributed by atoms with Crippen LogP contribution in [0.15, 0.2) is 54.6 Å². The number of carbonyl (C=O) groups excluding carboxylic acids is 1. The van der Waals surface area contributed by atoms with Gasteiger partial charge in [0, 0.05) is 25.8 Å². The van der Waals surface area contributed by atoms with Gasteiger partial charge in [-0.3, -0.25) is 0 Å². The summed E-state index contributed by atoms with van der Waals surface area (Å²) in [4.78, 5) is 15.0. The summed E-state index contributed by atoms with van der Waals surface area (Å²) in [6, 6.07) is 15.6. The summed E-state index contributed by atoms with van der Waals surface area (Å²) in [5, 5.41) is 7.92. The zero-order valence-electron chi connectivity index (χ0n) is 21.2. The van der Waals surface area contributed by atoms with Crippen molar-refractivity contribution in [1.82, 2.24) is 20.0 Å². The molecule has 2 heterocycles. The van der Waals surface area contributed by atoms with Gasteiger partial charge in [-0.1, -0.05) is 45.0 Å². The fourth-order valence-electron chi connectivity index (χ4n) is 4.34. The van der Waals surface area contributed by atoms with Crippen LogP contribution in [0.2, 0.25) is 0 Å². The number of urea groups is 1. The van der Waals surface area contributed by atoms with Gasteiger partial charge in [0.1, 0.15) is 11.6 Å². The number of ether oxygens (including phenoxy) is 2. The molecule has 1 saturated heterocycles. The Kier molecular flexibility index (Phi) is 8.59. The average molecular weight is 495 g/mol. The summed E-state index contributed by atoms with van der Waals surface area (Å²) < 4.78 is 27.9. The number of carbonyl (C=O) groups is 1. The molecule has 1 aromatic heterocycles. The maximum Gasteiger partial charge on any atom is 0.317 e. The van der Waals surface area contributed by atoms with E-state index in [-0.39, 0.29) is 23.9 Å². The third kappa shape index (κ3) is 6.23. The van der Waals surface area contributed by atoms with Gasteiger partial charge < -0.3 is 19.7 Å². The number of hydrogen-bond donors (Lipinski definition) is 1. The highest BCUT2D eigenvalue weighted by Crippen LogP contribution is 2.35. The smallest absolute Gasteiger partial charge is 0.317 e. The number of hydrogen-bond acceptors (Lipinski definition) is 4. The van der Waals surface area contributed by atoms with Gasteiger partial charge in [0.05, 0.1) is 29.6 Å². The van der Waals surface area contributed by atoms with E-state index in [1.165, 1.54) is 12.1 Å². The number of nitrogens with zero attached hydrogens (tertiary/aromatic N) is 3. The molecule has 0 radical (unpaired) electrons. The highest BCUT2D eigenvalue weighted by atomic mass is 19.1. The molecule has 3 aromatic rings. The number of nitrogens with one attached hydrogen (secondary N) is 1. The van der Waals surface area contributed by atoms with Crippen molar-refractivity contribution in [3.63, 3.8) is 0 Å². The van der Waals surface area contributed by atoms with E-state index < -0.39 is 0 Å². The highest BCUT2D eigenvalue weighted by Gasteiger charge is 2.29. The summed E-state index contributed by atoms with van der Waals surface area (Å²) in [5.41, 5.74) is 2.44. The van der Waals surface area contributed by atoms with Crippen LogP contribution < -0.4 is 10.1 Å². The van der Waals surface area contributed by atoms with E-state index >= 15 is 0 Å². The van der Waals surface area contributed by atoms with E-state index in [0.29, 0.717) is 37.9 Å². The van der Waals surface area contributed by atoms with Gasteiger partial charge in [-0.2, -0.15) is 5.10 Å². The minimum atomic E-state index is -0.386. The molecule has 0 aliphatic carbocycles. The SMILES string of the molecule is CCCNC(=O)N(Cc1c(C(C)C)nn(-c2ccccc2)c1Oc1cccc(F)c1)CC1CCCO1. The topological polar surface area (TPSA) is 68.6 Å². The Morgan fingerprint density at radius 2 is 2.06 bits per heavy atom. The molecule has 1 N–H and O–H groups in total. The van der Waals surface area contributed by atoms with Gasteiger partial charge in [-0.05, 0) is 49.4 Å². The van der Waals surface area contributed by atoms with Gasteiger partial charge >= 0.3 is 6.03 Å². The third-order valence-electron chi connectivity index (χ3n) is 6.14. The van der Waals surface area contributed by atoms with Gasteiger partial charge in [0.15, 0.2) is 0 Å². The standard InChI is InChI=1S/C28H35FN4O3/c1-4-15-30-28(34)32(18-24-14-9-16-35-24)19-25-26(20(2)3)31-33(22-11-6-5-7-12-22)27(25)36-23-13-8-10-21(29)17-23/h5-8,10-13,17,20,24H,4,9,14-16,18-19H2,1-3H3,(H,30,34). The Labute approximate surface area is 212 Å². The minimum absolute atomic E-state index is 0.00312. The van der Waals surface area contributed by atoms with Crippen LogP contribution in [0.5, 0.6) is 11.6 Å². The van der Waals surface area contributed by atoms with Crippen LogP contribution >= 0.6 is 0 Å². The monoisotopic (exact) mass is 494 g/mol. The zero-order valence-corrected chi connectivity index (χ0v) is 21.2. The molecular weight excluding hydrogens is 459 g/mol. The summed E-state index contributed by atoms with van der Waals surface area (Å²) in [5.74, 6) is 0.520. The predicted octanol–water partition coefficient (Wildman–Crippen LogP) is 6.03. The Bertz CT molecular complexity index is 1140. The number of halogens is 1. The molecule has 192 valence electrons. The summed E-state index contributed by atoms with van der Waals surface area (Å²) in [6.07, 6.45) is 2.75. The van der Waals surface area contributed by atoms with Crippen molar-refractivity contribution in [2.45, 2.75) is 58.6 Å². The predicted molar refractivity (Wildman–Crippen MR) is 137 cm³/mol. The van der Waals surface area contributed by atoms with Crippen molar-refractivity contribution in [3.05, 3.63) is 71.7 Å². The Balaban J connectivity index is 1.77. The maximum atomic E-state index is 14.0. The average Bonchev–Trinajstić information content (AvgIpc) is 3.51. The van der Waals surface area contributed by atoms with Gasteiger partial charge in [0.25, 0.3) is 0 Å². The van der Waals surface area contributed by atoms with Crippen LogP contribution in [0.25, 0.3) is 5.69 Å². The van der Waals surface area contributed by atoms with E-state index in [9.17, 15) is 9.18 Å². The molecule has 1 aliphatic rings. The molecule has 7 nitrogen and oxygen atoms in total. The van der Waals surface area contributed by atoms with E-state index in [2.05, 4.69) is 19.2 Å². The fourth-order valence-corrected chi connectivity index (χ4v) is 4.34. The lowest BCUT2D eigenvalue weighted by Gasteiger charge is -2.26. The van der Waals surface area contributed by atoms with E-state index in [0.717, 1.165) is 36.2 Å². The lowest BCUT2D eigenvalue weighted by atomic mass is 10.1. The number of rotatable bonds is 10. The Morgan fingerprint density at radius 3 is 2.72 bits per heavy atom. The molecule has 0 saturated carbocycles. The number of aromatic nitrogens is 2. The molecule has 1 aliphatic heterocycles. The molecule has 0 bridgehead atoms. The molecular formula is C28H35FN4O3. The van der Waals surface area contributed by atoms with Crippen molar-refractivity contribution in [1.29, 1.82) is 0 Å². The van der Waals surface area contributed by atoms with Crippen LogP contribution in [0.4, 0.5) is 9.18 Å². The fraction of sp³-hybridized carbons (Fsp3) is 0.429. The van der Waals surface area contributed by atoms with Crippen LogP contribution in [-0.2, 0) is 11.3 Å². The van der Waals surface area contributed by atoms with Gasteiger partial charge in [-0.15, -0.1) is 0 Å². The number of benzene rings is 2. The quantitative estimate of drug-likeness (QED) is 0.374. The van der Waals surface area contributed by atoms with Crippen LogP contribution in [0, 0.1) is 5.82 Å². The molecule has 36 heavy (non-hydrogen) atoms. The molecule has 1 fully saturated rings. The minimum Gasteiger partial charge on any atom is -0.438 e. The number of para-hydroxylation sites is 1. The van der Waals surface area contributed by atoms with E-state index in [1.54, 1.807) is 21.7 Å². The van der Waals surface area contributed by atoms with Crippen molar-refractivity contribution < 1.29 is 18.7 Å². The first-order chi connectivity index (χ1) is 17.5. The largest absolute Gasteiger partial charge is 0.438 e. The molecule has 4 rings (SSSR count). The van der Waals surface area contributed by atoms with Crippen LogP contribution in [0.1, 0.15) is 57.2 Å². The van der Waals surface area contributed by atoms with Gasteiger partial charge in [-0.25, -0.2) is 13.9 Å². The van der Waals surface area contributed by atoms with Crippen molar-refractivity contribution in [2.75, 3.05) is 19.7 Å². The van der Waals surface area contributed by atoms with Crippen LogP contribution in [-0.4, -0.2) is 46.5 Å². The summed E-state index contributed by atoms with van der Waals surface area (Å²) in [7, 11) is 0. The van der Waals surface area contributed by atoms with Crippen molar-refractivity contribution in [2.24, 2.45) is 0 Å². The second-order valence-electron chi connectivity index (χ2n) is 9.38. The molecule has 0 spiro atoms. The highest BCUT2D eigenvalue weighted by molar-refractivity contribution is 5.74.